The predicted molar refractivity (Wildman–Crippen MR) is 87.2 cm³/mol. The van der Waals surface area contributed by atoms with Crippen molar-refractivity contribution in [3.8, 4) is 0 Å². The number of aliphatic hydroxyl groups is 1. The molecule has 1 aromatic rings. The number of hydrogen-bond donors (Lipinski definition) is 1. The lowest BCUT2D eigenvalue weighted by atomic mass is 9.98. The zero-order valence-corrected chi connectivity index (χ0v) is 13.8. The van der Waals surface area contributed by atoms with Crippen LogP contribution in [0.5, 0.6) is 0 Å². The molecule has 1 saturated heterocycles. The number of aliphatic hydroxyl groups excluding tert-OH is 1. The lowest BCUT2D eigenvalue weighted by Crippen LogP contribution is -2.48. The molecule has 1 heterocycles. The van der Waals surface area contributed by atoms with E-state index in [1.807, 2.05) is 0 Å². The third-order valence-electron chi connectivity index (χ3n) is 4.60. The molecule has 0 unspecified atom stereocenters. The summed E-state index contributed by atoms with van der Waals surface area (Å²) in [4.78, 5) is 2.06. The van der Waals surface area contributed by atoms with Crippen molar-refractivity contribution in [1.82, 2.24) is 4.90 Å². The summed E-state index contributed by atoms with van der Waals surface area (Å²) >= 11 is 0. The number of piperidine rings is 1. The molecule has 0 aromatic heterocycles. The first-order valence-corrected chi connectivity index (χ1v) is 7.97. The van der Waals surface area contributed by atoms with Crippen LogP contribution in [0.1, 0.15) is 30.9 Å². The van der Waals surface area contributed by atoms with Crippen molar-refractivity contribution in [2.24, 2.45) is 0 Å². The molecule has 2 atom stereocenters. The summed E-state index contributed by atoms with van der Waals surface area (Å²) in [6.07, 6.45) is 2.10. The summed E-state index contributed by atoms with van der Waals surface area (Å²) < 4.78 is 33.7. The second kappa shape index (κ2) is 7.99. The van der Waals surface area contributed by atoms with Gasteiger partial charge >= 0.3 is 0 Å². The summed E-state index contributed by atoms with van der Waals surface area (Å²) in [7, 11) is 1.66. The highest BCUT2D eigenvalue weighted by Crippen LogP contribution is 2.23. The number of methoxy groups -OCH3 is 1. The Balaban J connectivity index is 2.08. The minimum atomic E-state index is -0.538. The number of halogens is 2. The van der Waals surface area contributed by atoms with Gasteiger partial charge in [-0.3, -0.25) is 4.90 Å². The molecule has 0 spiro atoms. The monoisotopic (exact) mass is 325 g/mol. The SMILES string of the molecule is C=C(C)c1cc(F)c(CCN2C[C@H](OC)CC[C@@H]2CO)c(F)c1. The molecule has 3 nitrogen and oxygen atoms in total. The van der Waals surface area contributed by atoms with Crippen molar-refractivity contribution in [3.63, 3.8) is 0 Å². The first kappa shape index (κ1) is 18.0. The fourth-order valence-corrected chi connectivity index (χ4v) is 3.08. The second-order valence-corrected chi connectivity index (χ2v) is 6.22. The molecular formula is C18H25F2NO2. The van der Waals surface area contributed by atoms with E-state index in [1.54, 1.807) is 14.0 Å². The van der Waals surface area contributed by atoms with E-state index >= 15 is 0 Å². The number of allylic oxidation sites excluding steroid dienone is 1. The zero-order chi connectivity index (χ0) is 17.0. The van der Waals surface area contributed by atoms with Gasteiger partial charge in [0.25, 0.3) is 0 Å². The predicted octanol–water partition coefficient (Wildman–Crippen LogP) is 3.01. The van der Waals surface area contributed by atoms with Crippen LogP contribution in [0.2, 0.25) is 0 Å². The number of likely N-dealkylation sites (tertiary alicyclic amines) is 1. The van der Waals surface area contributed by atoms with Gasteiger partial charge in [-0.05, 0) is 43.9 Å². The highest BCUT2D eigenvalue weighted by atomic mass is 19.1. The molecule has 0 bridgehead atoms. The van der Waals surface area contributed by atoms with Crippen molar-refractivity contribution in [3.05, 3.63) is 41.5 Å². The highest BCUT2D eigenvalue weighted by molar-refractivity contribution is 5.61. The van der Waals surface area contributed by atoms with E-state index in [1.165, 1.54) is 12.1 Å². The molecule has 1 aliphatic heterocycles. The van der Waals surface area contributed by atoms with Crippen LogP contribution >= 0.6 is 0 Å². The Bertz CT molecular complexity index is 539. The summed E-state index contributed by atoms with van der Waals surface area (Å²) in [5.41, 5.74) is 1.20. The Morgan fingerprint density at radius 1 is 1.35 bits per heavy atom. The molecule has 0 saturated carbocycles. The molecule has 128 valence electrons. The van der Waals surface area contributed by atoms with E-state index in [4.69, 9.17) is 4.74 Å². The van der Waals surface area contributed by atoms with Crippen molar-refractivity contribution in [2.75, 3.05) is 26.8 Å². The molecular weight excluding hydrogens is 300 g/mol. The summed E-state index contributed by atoms with van der Waals surface area (Å²) in [5, 5.41) is 9.48. The number of benzene rings is 1. The summed E-state index contributed by atoms with van der Waals surface area (Å²) in [6, 6.07) is 2.69. The molecule has 1 aliphatic rings. The minimum absolute atomic E-state index is 0.0298. The molecule has 1 fully saturated rings. The summed E-state index contributed by atoms with van der Waals surface area (Å²) in [6.45, 7) is 6.65. The van der Waals surface area contributed by atoms with Crippen molar-refractivity contribution in [2.45, 2.75) is 38.3 Å². The topological polar surface area (TPSA) is 32.7 Å². The number of nitrogens with zero attached hydrogens (tertiary/aromatic N) is 1. The standard InChI is InChI=1S/C18H25F2NO2/c1-12(2)13-8-17(19)16(18(20)9-13)6-7-21-10-15(23-3)5-4-14(21)11-22/h8-9,14-15,22H,1,4-7,10-11H2,2-3H3/t14-,15-/m1/s1. The molecule has 0 amide bonds. The first-order chi connectivity index (χ1) is 11.0. The smallest absolute Gasteiger partial charge is 0.129 e. The van der Waals surface area contributed by atoms with Gasteiger partial charge in [0.1, 0.15) is 11.6 Å². The Morgan fingerprint density at radius 3 is 2.52 bits per heavy atom. The molecule has 23 heavy (non-hydrogen) atoms. The maximum absolute atomic E-state index is 14.2. The van der Waals surface area contributed by atoms with Gasteiger partial charge in [-0.25, -0.2) is 8.78 Å². The minimum Gasteiger partial charge on any atom is -0.395 e. The van der Waals surface area contributed by atoms with Crippen LogP contribution in [0.25, 0.3) is 5.57 Å². The van der Waals surface area contributed by atoms with E-state index in [2.05, 4.69) is 11.5 Å². The van der Waals surface area contributed by atoms with Crippen LogP contribution < -0.4 is 0 Å². The van der Waals surface area contributed by atoms with Gasteiger partial charge in [0, 0.05) is 31.8 Å². The third-order valence-corrected chi connectivity index (χ3v) is 4.60. The first-order valence-electron chi connectivity index (χ1n) is 7.97. The molecule has 2 rings (SSSR count). The van der Waals surface area contributed by atoms with Gasteiger partial charge in [0.2, 0.25) is 0 Å². The maximum atomic E-state index is 14.2. The average Bonchev–Trinajstić information content (AvgIpc) is 2.53. The largest absolute Gasteiger partial charge is 0.395 e. The third kappa shape index (κ3) is 4.37. The number of hydrogen-bond acceptors (Lipinski definition) is 3. The van der Waals surface area contributed by atoms with E-state index in [9.17, 15) is 13.9 Å². The van der Waals surface area contributed by atoms with Crippen LogP contribution in [0.4, 0.5) is 8.78 Å². The molecule has 0 radical (unpaired) electrons. The van der Waals surface area contributed by atoms with Crippen molar-refractivity contribution < 1.29 is 18.6 Å². The molecule has 1 N–H and O–H groups in total. The Labute approximate surface area is 136 Å². The molecule has 0 aliphatic carbocycles. The maximum Gasteiger partial charge on any atom is 0.129 e. The van der Waals surface area contributed by atoms with Gasteiger partial charge in [-0.1, -0.05) is 12.2 Å². The fourth-order valence-electron chi connectivity index (χ4n) is 3.08. The summed E-state index contributed by atoms with van der Waals surface area (Å²) in [5.74, 6) is -1.08. The zero-order valence-electron chi connectivity index (χ0n) is 13.8. The van der Waals surface area contributed by atoms with Crippen LogP contribution in [0.15, 0.2) is 18.7 Å². The van der Waals surface area contributed by atoms with E-state index in [-0.39, 0.29) is 30.7 Å². The lowest BCUT2D eigenvalue weighted by Gasteiger charge is -2.38. The van der Waals surface area contributed by atoms with Crippen molar-refractivity contribution >= 4 is 5.57 Å². The van der Waals surface area contributed by atoms with Gasteiger partial charge in [0.05, 0.1) is 12.7 Å². The van der Waals surface area contributed by atoms with Crippen LogP contribution in [0.3, 0.4) is 0 Å². The average molecular weight is 325 g/mol. The van der Waals surface area contributed by atoms with Crippen LogP contribution in [-0.4, -0.2) is 49.0 Å². The number of ether oxygens (including phenoxy) is 1. The van der Waals surface area contributed by atoms with Gasteiger partial charge in [0.15, 0.2) is 0 Å². The normalized spacial score (nSPS) is 22.3. The second-order valence-electron chi connectivity index (χ2n) is 6.22. The quantitative estimate of drug-likeness (QED) is 0.873. The molecule has 1 aromatic carbocycles. The Hall–Kier alpha value is -1.30. The molecule has 5 heteroatoms. The van der Waals surface area contributed by atoms with E-state index in [0.29, 0.717) is 24.2 Å². The van der Waals surface area contributed by atoms with E-state index < -0.39 is 11.6 Å². The Kier molecular flexibility index (Phi) is 6.27. The van der Waals surface area contributed by atoms with Crippen LogP contribution in [0, 0.1) is 11.6 Å². The van der Waals surface area contributed by atoms with E-state index in [0.717, 1.165) is 12.8 Å². The lowest BCUT2D eigenvalue weighted by molar-refractivity contribution is -0.00886. The number of rotatable bonds is 6. The van der Waals surface area contributed by atoms with Gasteiger partial charge in [-0.15, -0.1) is 0 Å². The highest BCUT2D eigenvalue weighted by Gasteiger charge is 2.28. The van der Waals surface area contributed by atoms with Gasteiger partial charge < -0.3 is 9.84 Å². The van der Waals surface area contributed by atoms with Crippen molar-refractivity contribution in [1.29, 1.82) is 0 Å². The fraction of sp³-hybridized carbons (Fsp3) is 0.556. The van der Waals surface area contributed by atoms with Crippen LogP contribution in [-0.2, 0) is 11.2 Å². The van der Waals surface area contributed by atoms with Gasteiger partial charge in [-0.2, -0.15) is 0 Å². The Morgan fingerprint density at radius 2 is 2.00 bits per heavy atom.